The number of nitro groups is 1. The van der Waals surface area contributed by atoms with Crippen LogP contribution >= 0.6 is 7.44 Å². The topological polar surface area (TPSA) is 92.8 Å². The molecule has 35 heavy (non-hydrogen) atoms. The normalized spacial score (nSPS) is 16.7. The number of hydrogen-bond donors (Lipinski definition) is 1. The Morgan fingerprint density at radius 2 is 1.51 bits per heavy atom. The number of aryl methyl sites for hydroxylation is 1. The number of fused-ring (bicyclic) bond motifs is 1. The molecule has 0 amide bonds. The molecule has 8 nitrogen and oxygen atoms in total. The van der Waals surface area contributed by atoms with E-state index in [1.807, 2.05) is 75.4 Å². The first-order valence-electron chi connectivity index (χ1n) is 11.1. The number of benzene rings is 3. The summed E-state index contributed by atoms with van der Waals surface area (Å²) in [5.41, 5.74) is 5.84. The molecule has 176 valence electrons. The summed E-state index contributed by atoms with van der Waals surface area (Å²) in [5, 5.41) is 19.6. The highest BCUT2D eigenvalue weighted by molar-refractivity contribution is 7.74. The van der Waals surface area contributed by atoms with Crippen LogP contribution in [0.1, 0.15) is 22.5 Å². The van der Waals surface area contributed by atoms with Gasteiger partial charge in [0, 0.05) is 40.5 Å². The summed E-state index contributed by atoms with van der Waals surface area (Å²) in [4.78, 5) is 10.6. The molecule has 1 aliphatic heterocycles. The highest BCUT2D eigenvalue weighted by atomic mass is 31.2. The molecule has 5 rings (SSSR count). The molecule has 0 fully saturated rings. The predicted octanol–water partition coefficient (Wildman–Crippen LogP) is 6.10. The number of nitrogens with one attached hydrogen (secondary N) is 1. The van der Waals surface area contributed by atoms with E-state index in [0.717, 1.165) is 28.2 Å². The van der Waals surface area contributed by atoms with Crippen LogP contribution < -0.4 is 15.2 Å². The minimum atomic E-state index is -3.58. The summed E-state index contributed by atoms with van der Waals surface area (Å²) in [7, 11) is -3.58. The average Bonchev–Trinajstić information content (AvgIpc) is 3.11. The number of para-hydroxylation sites is 1. The lowest BCUT2D eigenvalue weighted by Crippen LogP contribution is -2.32. The largest absolute Gasteiger partial charge is 0.317 e. The zero-order valence-corrected chi connectivity index (χ0v) is 20.4. The Kier molecular flexibility index (Phi) is 5.53. The van der Waals surface area contributed by atoms with Crippen LogP contribution in [0.15, 0.2) is 84.0 Å². The number of aromatic nitrogens is 1. The molecule has 3 aromatic carbocycles. The molecule has 1 aromatic heterocycles. The molecule has 0 saturated heterocycles. The van der Waals surface area contributed by atoms with E-state index in [1.165, 1.54) is 16.9 Å². The van der Waals surface area contributed by atoms with Crippen LogP contribution in [0.4, 0.5) is 17.1 Å². The lowest BCUT2D eigenvalue weighted by atomic mass is 10.2. The third-order valence-corrected chi connectivity index (χ3v) is 8.76. The van der Waals surface area contributed by atoms with Gasteiger partial charge in [-0.15, -0.1) is 0 Å². The molecule has 1 N–H and O–H groups in total. The number of anilines is 2. The van der Waals surface area contributed by atoms with Gasteiger partial charge < -0.3 is 9.65 Å². The van der Waals surface area contributed by atoms with Crippen molar-refractivity contribution in [2.75, 3.05) is 9.87 Å². The molecule has 0 aliphatic carbocycles. The highest BCUT2D eigenvalue weighted by Crippen LogP contribution is 2.54. The number of nitrogens with zero attached hydrogens (tertiary/aromatic N) is 4. The molecule has 2 heterocycles. The summed E-state index contributed by atoms with van der Waals surface area (Å²) < 4.78 is 18.6. The molecular formula is C26H24N5O3P. The Bertz CT molecular complexity index is 1490. The summed E-state index contributed by atoms with van der Waals surface area (Å²) in [5.74, 6) is 0. The van der Waals surface area contributed by atoms with Gasteiger partial charge in [0.05, 0.1) is 22.1 Å². The van der Waals surface area contributed by atoms with Crippen molar-refractivity contribution in [1.82, 2.24) is 4.57 Å². The first-order chi connectivity index (χ1) is 16.8. The Hall–Kier alpha value is -4.16. The SMILES string of the molecule is Cc1ccc(-n2c(C)c3c(c2C)[P@@](=O)(Nc2ccc([N+](=O)[O-])cc2)N(c2ccccc2)N=C3)cc1. The number of rotatable bonds is 5. The molecule has 0 spiro atoms. The second-order valence-electron chi connectivity index (χ2n) is 8.47. The van der Waals surface area contributed by atoms with Crippen molar-refractivity contribution in [3.63, 3.8) is 0 Å². The van der Waals surface area contributed by atoms with Crippen molar-refractivity contribution in [3.05, 3.63) is 111 Å². The lowest BCUT2D eigenvalue weighted by molar-refractivity contribution is -0.384. The van der Waals surface area contributed by atoms with Crippen LogP contribution in [0, 0.1) is 30.9 Å². The van der Waals surface area contributed by atoms with Gasteiger partial charge >= 0.3 is 7.44 Å². The first kappa shape index (κ1) is 22.6. The Morgan fingerprint density at radius 3 is 2.14 bits per heavy atom. The van der Waals surface area contributed by atoms with Gasteiger partial charge in [-0.2, -0.15) is 9.88 Å². The van der Waals surface area contributed by atoms with Gasteiger partial charge in [0.1, 0.15) is 0 Å². The minimum Gasteiger partial charge on any atom is -0.317 e. The monoisotopic (exact) mass is 485 g/mol. The predicted molar refractivity (Wildman–Crippen MR) is 140 cm³/mol. The third-order valence-electron chi connectivity index (χ3n) is 6.16. The summed E-state index contributed by atoms with van der Waals surface area (Å²) in [6.45, 7) is 5.99. The van der Waals surface area contributed by atoms with E-state index in [9.17, 15) is 10.1 Å². The third kappa shape index (κ3) is 3.82. The van der Waals surface area contributed by atoms with Gasteiger partial charge in [-0.25, -0.2) is 0 Å². The van der Waals surface area contributed by atoms with Crippen molar-refractivity contribution < 1.29 is 9.49 Å². The van der Waals surface area contributed by atoms with E-state index >= 15 is 4.57 Å². The van der Waals surface area contributed by atoms with E-state index in [-0.39, 0.29) is 5.69 Å². The second-order valence-corrected chi connectivity index (χ2v) is 10.7. The maximum atomic E-state index is 15.0. The number of nitro benzene ring substituents is 1. The number of non-ortho nitro benzene ring substituents is 1. The molecule has 4 aromatic rings. The standard InChI is InChI=1S/C26H24N5O3P/c1-18-9-13-22(14-10-18)29-19(2)25-17-27-30(23-7-5-4-6-8-23)35(34,26(25)20(29)3)28-21-11-15-24(16-12-21)31(32)33/h4-17H,1-3H3,(H,28,34)/t35-/m1/s1. The molecular weight excluding hydrogens is 461 g/mol. The summed E-state index contributed by atoms with van der Waals surface area (Å²) in [6, 6.07) is 23.4. The highest BCUT2D eigenvalue weighted by Gasteiger charge is 2.42. The fourth-order valence-electron chi connectivity index (χ4n) is 4.47. The zero-order chi connectivity index (χ0) is 24.7. The minimum absolute atomic E-state index is 0.0337. The molecule has 0 bridgehead atoms. The van der Waals surface area contributed by atoms with Gasteiger partial charge in [-0.3, -0.25) is 14.7 Å². The zero-order valence-electron chi connectivity index (χ0n) is 19.5. The molecule has 1 aliphatic rings. The number of hydrogen-bond acceptors (Lipinski definition) is 4. The molecule has 0 unspecified atom stereocenters. The van der Waals surface area contributed by atoms with Crippen molar-refractivity contribution in [2.45, 2.75) is 20.8 Å². The van der Waals surface area contributed by atoms with Gasteiger partial charge in [-0.05, 0) is 57.2 Å². The Morgan fingerprint density at radius 1 is 0.857 bits per heavy atom. The van der Waals surface area contributed by atoms with Crippen LogP contribution in [-0.2, 0) is 4.57 Å². The van der Waals surface area contributed by atoms with Gasteiger partial charge in [0.2, 0.25) is 0 Å². The fraction of sp³-hybridized carbons (Fsp3) is 0.115. The molecule has 1 atom stereocenters. The lowest BCUT2D eigenvalue weighted by Gasteiger charge is -2.33. The van der Waals surface area contributed by atoms with Crippen LogP contribution in [0.3, 0.4) is 0 Å². The average molecular weight is 485 g/mol. The van der Waals surface area contributed by atoms with Crippen LogP contribution in [0.2, 0.25) is 0 Å². The van der Waals surface area contributed by atoms with E-state index in [4.69, 9.17) is 0 Å². The second kappa shape index (κ2) is 8.56. The van der Waals surface area contributed by atoms with Crippen molar-refractivity contribution in [2.24, 2.45) is 5.10 Å². The molecule has 9 heteroatoms. The van der Waals surface area contributed by atoms with E-state index in [2.05, 4.69) is 14.8 Å². The fourth-order valence-corrected chi connectivity index (χ4v) is 7.10. The van der Waals surface area contributed by atoms with Gasteiger partial charge in [0.15, 0.2) is 0 Å². The van der Waals surface area contributed by atoms with E-state index in [1.54, 1.807) is 18.3 Å². The van der Waals surface area contributed by atoms with Gasteiger partial charge in [0.25, 0.3) is 5.69 Å². The quantitative estimate of drug-likeness (QED) is 0.210. The molecule has 0 saturated carbocycles. The smallest absolute Gasteiger partial charge is 0.312 e. The van der Waals surface area contributed by atoms with Crippen molar-refractivity contribution in [3.8, 4) is 5.69 Å². The van der Waals surface area contributed by atoms with E-state index in [0.29, 0.717) is 16.7 Å². The van der Waals surface area contributed by atoms with Gasteiger partial charge in [-0.1, -0.05) is 35.9 Å². The van der Waals surface area contributed by atoms with Crippen LogP contribution in [-0.4, -0.2) is 15.7 Å². The van der Waals surface area contributed by atoms with Crippen molar-refractivity contribution in [1.29, 1.82) is 0 Å². The maximum Gasteiger partial charge on any atom is 0.312 e. The van der Waals surface area contributed by atoms with Crippen LogP contribution in [0.25, 0.3) is 5.69 Å². The first-order valence-corrected chi connectivity index (χ1v) is 12.8. The molecule has 0 radical (unpaired) electrons. The Labute approximate surface area is 203 Å². The van der Waals surface area contributed by atoms with Crippen molar-refractivity contribution >= 4 is 36.0 Å². The van der Waals surface area contributed by atoms with Crippen LogP contribution in [0.5, 0.6) is 0 Å². The van der Waals surface area contributed by atoms with E-state index < -0.39 is 12.4 Å². The summed E-state index contributed by atoms with van der Waals surface area (Å²) >= 11 is 0. The maximum absolute atomic E-state index is 15.0. The number of hydrazone groups is 1. The summed E-state index contributed by atoms with van der Waals surface area (Å²) in [6.07, 6.45) is 1.75. The Balaban J connectivity index is 1.70.